The van der Waals surface area contributed by atoms with Crippen molar-refractivity contribution in [3.05, 3.63) is 35.9 Å². The zero-order valence-electron chi connectivity index (χ0n) is 14.4. The van der Waals surface area contributed by atoms with Crippen LogP contribution in [0.1, 0.15) is 58.9 Å². The Morgan fingerprint density at radius 3 is 2.38 bits per heavy atom. The van der Waals surface area contributed by atoms with E-state index in [4.69, 9.17) is 5.73 Å². The van der Waals surface area contributed by atoms with Crippen LogP contribution in [-0.4, -0.2) is 29.6 Å². The first-order chi connectivity index (χ1) is 10.1. The van der Waals surface area contributed by atoms with Gasteiger partial charge in [-0.15, -0.1) is 0 Å². The van der Waals surface area contributed by atoms with Gasteiger partial charge in [-0.25, -0.2) is 0 Å². The second-order valence-corrected chi connectivity index (χ2v) is 6.49. The van der Waals surface area contributed by atoms with Crippen molar-refractivity contribution in [1.82, 2.24) is 4.90 Å². The molecule has 2 N–H and O–H groups in total. The third kappa shape index (κ3) is 5.44. The molecule has 2 nitrogen and oxygen atoms in total. The quantitative estimate of drug-likeness (QED) is 0.698. The summed E-state index contributed by atoms with van der Waals surface area (Å²) >= 11 is 0. The first-order valence-corrected chi connectivity index (χ1v) is 8.58. The maximum Gasteiger partial charge on any atom is 0.0309 e. The van der Waals surface area contributed by atoms with E-state index in [0.29, 0.717) is 6.04 Å². The lowest BCUT2D eigenvalue weighted by Crippen LogP contribution is -2.55. The van der Waals surface area contributed by atoms with Gasteiger partial charge in [0.25, 0.3) is 0 Å². The topological polar surface area (TPSA) is 29.3 Å². The molecule has 2 unspecified atom stereocenters. The summed E-state index contributed by atoms with van der Waals surface area (Å²) in [4.78, 5) is 2.65. The Morgan fingerprint density at radius 2 is 1.86 bits per heavy atom. The molecular weight excluding hydrogens is 256 g/mol. The van der Waals surface area contributed by atoms with Crippen LogP contribution < -0.4 is 5.73 Å². The van der Waals surface area contributed by atoms with E-state index in [1.54, 1.807) is 0 Å². The summed E-state index contributed by atoms with van der Waals surface area (Å²) < 4.78 is 0. The van der Waals surface area contributed by atoms with Crippen LogP contribution in [0.5, 0.6) is 0 Å². The predicted molar refractivity (Wildman–Crippen MR) is 93.6 cm³/mol. The van der Waals surface area contributed by atoms with Crippen molar-refractivity contribution in [2.45, 2.75) is 71.4 Å². The summed E-state index contributed by atoms with van der Waals surface area (Å²) in [5, 5.41) is 0. The molecule has 0 aliphatic rings. The Balaban J connectivity index is 2.77. The Hall–Kier alpha value is -0.860. The highest BCUT2D eigenvalue weighted by Crippen LogP contribution is 2.25. The molecule has 0 saturated carbocycles. The molecule has 0 saturated heterocycles. The third-order valence-electron chi connectivity index (χ3n) is 4.80. The average Bonchev–Trinajstić information content (AvgIpc) is 2.53. The van der Waals surface area contributed by atoms with Crippen molar-refractivity contribution < 1.29 is 0 Å². The minimum absolute atomic E-state index is 0.0977. The molecule has 1 aromatic rings. The molecule has 0 aromatic heterocycles. The van der Waals surface area contributed by atoms with E-state index in [-0.39, 0.29) is 5.54 Å². The molecule has 1 aromatic carbocycles. The lowest BCUT2D eigenvalue weighted by Gasteiger charge is -2.44. The fourth-order valence-corrected chi connectivity index (χ4v) is 2.99. The zero-order valence-corrected chi connectivity index (χ0v) is 14.4. The van der Waals surface area contributed by atoms with Gasteiger partial charge in [-0.3, -0.25) is 4.90 Å². The van der Waals surface area contributed by atoms with Gasteiger partial charge in [0, 0.05) is 18.1 Å². The fraction of sp³-hybridized carbons (Fsp3) is 0.684. The molecule has 0 spiro atoms. The molecule has 21 heavy (non-hydrogen) atoms. The van der Waals surface area contributed by atoms with E-state index < -0.39 is 0 Å². The number of nitrogens with two attached hydrogens (primary N) is 1. The number of unbranched alkanes of at least 4 members (excludes halogenated alkanes) is 1. The van der Waals surface area contributed by atoms with Gasteiger partial charge in [-0.2, -0.15) is 0 Å². The van der Waals surface area contributed by atoms with Crippen LogP contribution in [0.4, 0.5) is 0 Å². The van der Waals surface area contributed by atoms with E-state index in [2.05, 4.69) is 62.9 Å². The molecule has 2 heteroatoms. The molecule has 0 aliphatic carbocycles. The van der Waals surface area contributed by atoms with Crippen LogP contribution in [0.15, 0.2) is 30.3 Å². The van der Waals surface area contributed by atoms with Crippen molar-refractivity contribution in [1.29, 1.82) is 0 Å². The molecule has 0 aliphatic heterocycles. The molecule has 0 bridgehead atoms. The van der Waals surface area contributed by atoms with Crippen LogP contribution in [0.25, 0.3) is 0 Å². The molecule has 0 fully saturated rings. The number of aryl methyl sites for hydroxylation is 1. The van der Waals surface area contributed by atoms with Gasteiger partial charge in [0.15, 0.2) is 0 Å². The van der Waals surface area contributed by atoms with Gasteiger partial charge >= 0.3 is 0 Å². The smallest absolute Gasteiger partial charge is 0.0309 e. The summed E-state index contributed by atoms with van der Waals surface area (Å²) in [6.07, 6.45) is 5.91. The van der Waals surface area contributed by atoms with Crippen molar-refractivity contribution in [3.8, 4) is 0 Å². The summed E-state index contributed by atoms with van der Waals surface area (Å²) in [5.41, 5.74) is 7.71. The molecule has 1 rings (SSSR count). The van der Waals surface area contributed by atoms with Gasteiger partial charge in [-0.1, -0.05) is 50.6 Å². The zero-order chi connectivity index (χ0) is 15.7. The van der Waals surface area contributed by atoms with Crippen LogP contribution in [0.3, 0.4) is 0 Å². The largest absolute Gasteiger partial charge is 0.329 e. The second kappa shape index (κ2) is 9.22. The lowest BCUT2D eigenvalue weighted by molar-refractivity contribution is 0.0577. The highest BCUT2D eigenvalue weighted by Gasteiger charge is 2.32. The maximum atomic E-state index is 6.19. The minimum atomic E-state index is 0.0977. The van der Waals surface area contributed by atoms with Crippen LogP contribution >= 0.6 is 0 Å². The summed E-state index contributed by atoms with van der Waals surface area (Å²) in [7, 11) is 0. The number of hydrogen-bond donors (Lipinski definition) is 1. The van der Waals surface area contributed by atoms with Gasteiger partial charge in [0.05, 0.1) is 0 Å². The highest BCUT2D eigenvalue weighted by atomic mass is 15.2. The highest BCUT2D eigenvalue weighted by molar-refractivity contribution is 5.15. The van der Waals surface area contributed by atoms with Crippen LogP contribution in [-0.2, 0) is 6.42 Å². The van der Waals surface area contributed by atoms with Crippen molar-refractivity contribution in [2.24, 2.45) is 5.73 Å². The number of nitrogens with zero attached hydrogens (tertiary/aromatic N) is 1. The first-order valence-electron chi connectivity index (χ1n) is 8.58. The Labute approximate surface area is 131 Å². The van der Waals surface area contributed by atoms with E-state index in [0.717, 1.165) is 25.9 Å². The SMILES string of the molecule is CCCCN(C(C)CC)C(C)(CN)CCc1ccccc1. The van der Waals surface area contributed by atoms with Gasteiger partial charge < -0.3 is 5.73 Å². The van der Waals surface area contributed by atoms with Crippen molar-refractivity contribution >= 4 is 0 Å². The molecule has 0 radical (unpaired) electrons. The summed E-state index contributed by atoms with van der Waals surface area (Å²) in [6, 6.07) is 11.4. The summed E-state index contributed by atoms with van der Waals surface area (Å²) in [6.45, 7) is 11.1. The van der Waals surface area contributed by atoms with E-state index >= 15 is 0 Å². The van der Waals surface area contributed by atoms with E-state index in [9.17, 15) is 0 Å². The fourth-order valence-electron chi connectivity index (χ4n) is 2.99. The van der Waals surface area contributed by atoms with E-state index in [1.807, 2.05) is 0 Å². The Bertz CT molecular complexity index is 376. The van der Waals surface area contributed by atoms with Gasteiger partial charge in [0.2, 0.25) is 0 Å². The van der Waals surface area contributed by atoms with Gasteiger partial charge in [0.1, 0.15) is 0 Å². The Morgan fingerprint density at radius 1 is 1.19 bits per heavy atom. The predicted octanol–water partition coefficient (Wildman–Crippen LogP) is 4.24. The van der Waals surface area contributed by atoms with Gasteiger partial charge in [-0.05, 0) is 51.6 Å². The van der Waals surface area contributed by atoms with Crippen molar-refractivity contribution in [3.63, 3.8) is 0 Å². The molecule has 2 atom stereocenters. The molecule has 0 amide bonds. The average molecular weight is 290 g/mol. The summed E-state index contributed by atoms with van der Waals surface area (Å²) in [5.74, 6) is 0. The number of rotatable bonds is 10. The minimum Gasteiger partial charge on any atom is -0.329 e. The normalized spacial score (nSPS) is 15.9. The molecular formula is C19H34N2. The van der Waals surface area contributed by atoms with Crippen molar-refractivity contribution in [2.75, 3.05) is 13.1 Å². The standard InChI is InChI=1S/C19H34N2/c1-5-7-15-21(17(3)6-2)19(4,16-20)14-13-18-11-9-8-10-12-18/h8-12,17H,5-7,13-16,20H2,1-4H3. The second-order valence-electron chi connectivity index (χ2n) is 6.49. The first kappa shape index (κ1) is 18.2. The number of hydrogen-bond acceptors (Lipinski definition) is 2. The molecule has 0 heterocycles. The van der Waals surface area contributed by atoms with Crippen LogP contribution in [0.2, 0.25) is 0 Å². The molecule has 120 valence electrons. The Kier molecular flexibility index (Phi) is 7.98. The monoisotopic (exact) mass is 290 g/mol. The maximum absolute atomic E-state index is 6.19. The van der Waals surface area contributed by atoms with Crippen LogP contribution in [0, 0.1) is 0 Å². The lowest BCUT2D eigenvalue weighted by atomic mass is 9.89. The van der Waals surface area contributed by atoms with E-state index in [1.165, 1.54) is 24.8 Å². The third-order valence-corrected chi connectivity index (χ3v) is 4.80. The number of benzene rings is 1.